The molecule has 170 valence electrons. The van der Waals surface area contributed by atoms with Crippen molar-refractivity contribution in [1.29, 1.82) is 0 Å². The molecule has 9 heteroatoms. The molecule has 0 aliphatic rings. The molecule has 0 heterocycles. The molecular weight excluding hydrogens is 416 g/mol. The minimum atomic E-state index is -3.44. The van der Waals surface area contributed by atoms with Crippen molar-refractivity contribution in [3.8, 4) is 11.5 Å². The first kappa shape index (κ1) is 24.5. The number of nitrogens with one attached hydrogen (secondary N) is 1. The number of hydrogen-bond acceptors (Lipinski definition) is 5. The average Bonchev–Trinajstić information content (AvgIpc) is 2.76. The van der Waals surface area contributed by atoms with E-state index in [4.69, 9.17) is 14.5 Å². The van der Waals surface area contributed by atoms with Crippen molar-refractivity contribution in [2.45, 2.75) is 24.9 Å². The van der Waals surface area contributed by atoms with Crippen molar-refractivity contribution in [2.24, 2.45) is 4.99 Å². The fraction of sp³-hybridized carbons (Fsp3) is 0.409. The number of benzene rings is 2. The van der Waals surface area contributed by atoms with Gasteiger partial charge in [0.1, 0.15) is 11.5 Å². The van der Waals surface area contributed by atoms with Gasteiger partial charge in [-0.05, 0) is 36.8 Å². The number of methoxy groups -OCH3 is 2. The minimum Gasteiger partial charge on any atom is -0.497 e. The maximum atomic E-state index is 12.2. The fourth-order valence-corrected chi connectivity index (χ4v) is 3.83. The van der Waals surface area contributed by atoms with Crippen molar-refractivity contribution >= 4 is 16.0 Å². The van der Waals surface area contributed by atoms with E-state index in [1.165, 1.54) is 18.4 Å². The lowest BCUT2D eigenvalue weighted by Gasteiger charge is -2.23. The molecular formula is C22H32N4O4S. The Labute approximate surface area is 185 Å². The van der Waals surface area contributed by atoms with Crippen LogP contribution in [-0.2, 0) is 23.1 Å². The number of aliphatic imine (C=N–C) groups is 1. The molecule has 0 spiro atoms. The van der Waals surface area contributed by atoms with Crippen LogP contribution in [0.5, 0.6) is 11.5 Å². The standard InChI is InChI=1S/C22H32N4O4S/c1-7-23-22(26(4)16-18-10-11-19(29-5)14-21(18)30-6)24-15-17-8-12-20(13-9-17)31(27,28)25(2)3/h8-14H,7,15-16H2,1-6H3,(H,23,24). The molecule has 0 aliphatic carbocycles. The van der Waals surface area contributed by atoms with Crippen LogP contribution in [0.25, 0.3) is 0 Å². The molecule has 0 saturated heterocycles. The van der Waals surface area contributed by atoms with E-state index in [1.54, 1.807) is 38.5 Å². The minimum absolute atomic E-state index is 0.265. The smallest absolute Gasteiger partial charge is 0.242 e. The van der Waals surface area contributed by atoms with E-state index in [9.17, 15) is 8.42 Å². The molecule has 2 aromatic rings. The summed E-state index contributed by atoms with van der Waals surface area (Å²) >= 11 is 0. The first-order valence-corrected chi connectivity index (χ1v) is 11.4. The number of sulfonamides is 1. The van der Waals surface area contributed by atoms with Crippen molar-refractivity contribution in [3.05, 3.63) is 53.6 Å². The van der Waals surface area contributed by atoms with Gasteiger partial charge in [0.2, 0.25) is 10.0 Å². The molecule has 1 N–H and O–H groups in total. The van der Waals surface area contributed by atoms with Crippen molar-refractivity contribution in [2.75, 3.05) is 41.9 Å². The Kier molecular flexibility index (Phi) is 8.70. The van der Waals surface area contributed by atoms with E-state index < -0.39 is 10.0 Å². The number of hydrogen-bond donors (Lipinski definition) is 1. The molecule has 0 fully saturated rings. The highest BCUT2D eigenvalue weighted by Crippen LogP contribution is 2.25. The van der Waals surface area contributed by atoms with Gasteiger partial charge in [-0.3, -0.25) is 0 Å². The fourth-order valence-electron chi connectivity index (χ4n) is 2.93. The number of rotatable bonds is 9. The van der Waals surface area contributed by atoms with Gasteiger partial charge in [-0.2, -0.15) is 0 Å². The van der Waals surface area contributed by atoms with Gasteiger partial charge in [-0.15, -0.1) is 0 Å². The van der Waals surface area contributed by atoms with Gasteiger partial charge < -0.3 is 19.7 Å². The van der Waals surface area contributed by atoms with E-state index >= 15 is 0 Å². The van der Waals surface area contributed by atoms with Gasteiger partial charge in [0.25, 0.3) is 0 Å². The van der Waals surface area contributed by atoms with Gasteiger partial charge in [0.05, 0.1) is 25.7 Å². The van der Waals surface area contributed by atoms with Crippen LogP contribution in [0.4, 0.5) is 0 Å². The molecule has 0 aliphatic heterocycles. The lowest BCUT2D eigenvalue weighted by molar-refractivity contribution is 0.382. The monoisotopic (exact) mass is 448 g/mol. The predicted molar refractivity (Wildman–Crippen MR) is 123 cm³/mol. The van der Waals surface area contributed by atoms with Crippen LogP contribution in [0.1, 0.15) is 18.1 Å². The molecule has 0 aromatic heterocycles. The second-order valence-electron chi connectivity index (χ2n) is 7.14. The summed E-state index contributed by atoms with van der Waals surface area (Å²) in [6.07, 6.45) is 0. The SMILES string of the molecule is CCNC(=NCc1ccc(S(=O)(=O)N(C)C)cc1)N(C)Cc1ccc(OC)cc1OC. The Bertz CT molecular complexity index is 989. The Morgan fingerprint density at radius 3 is 2.26 bits per heavy atom. The molecule has 0 radical (unpaired) electrons. The van der Waals surface area contributed by atoms with Crippen LogP contribution in [0, 0.1) is 0 Å². The summed E-state index contributed by atoms with van der Waals surface area (Å²) in [5.74, 6) is 2.23. The van der Waals surface area contributed by atoms with Crippen LogP contribution in [-0.4, -0.2) is 65.5 Å². The lowest BCUT2D eigenvalue weighted by atomic mass is 10.2. The molecule has 8 nitrogen and oxygen atoms in total. The normalized spacial score (nSPS) is 12.0. The lowest BCUT2D eigenvalue weighted by Crippen LogP contribution is -2.38. The zero-order valence-corrected chi connectivity index (χ0v) is 19.9. The van der Waals surface area contributed by atoms with Crippen molar-refractivity contribution in [1.82, 2.24) is 14.5 Å². The van der Waals surface area contributed by atoms with Gasteiger partial charge in [-0.25, -0.2) is 17.7 Å². The average molecular weight is 449 g/mol. The molecule has 0 amide bonds. The topological polar surface area (TPSA) is 83.5 Å². The molecule has 2 rings (SSSR count). The van der Waals surface area contributed by atoms with E-state index in [1.807, 2.05) is 37.1 Å². The predicted octanol–water partition coefficient (Wildman–Crippen LogP) is 2.55. The maximum absolute atomic E-state index is 12.2. The van der Waals surface area contributed by atoms with E-state index in [2.05, 4.69) is 5.32 Å². The van der Waals surface area contributed by atoms with Crippen molar-refractivity contribution < 1.29 is 17.9 Å². The highest BCUT2D eigenvalue weighted by Gasteiger charge is 2.16. The Balaban J connectivity index is 2.16. The largest absolute Gasteiger partial charge is 0.497 e. The first-order valence-electron chi connectivity index (χ1n) is 9.94. The zero-order valence-electron chi connectivity index (χ0n) is 19.0. The van der Waals surface area contributed by atoms with Crippen LogP contribution < -0.4 is 14.8 Å². The van der Waals surface area contributed by atoms with Gasteiger partial charge in [0, 0.05) is 45.9 Å². The van der Waals surface area contributed by atoms with E-state index in [0.29, 0.717) is 13.1 Å². The first-order chi connectivity index (χ1) is 14.7. The molecule has 0 atom stereocenters. The highest BCUT2D eigenvalue weighted by molar-refractivity contribution is 7.89. The summed E-state index contributed by atoms with van der Waals surface area (Å²) in [5, 5.41) is 3.29. The molecule has 0 saturated carbocycles. The number of ether oxygens (including phenoxy) is 2. The van der Waals surface area contributed by atoms with Gasteiger partial charge >= 0.3 is 0 Å². The highest BCUT2D eigenvalue weighted by atomic mass is 32.2. The third-order valence-corrected chi connectivity index (χ3v) is 6.54. The third-order valence-electron chi connectivity index (χ3n) is 4.71. The number of nitrogens with zero attached hydrogens (tertiary/aromatic N) is 3. The van der Waals surface area contributed by atoms with E-state index in [-0.39, 0.29) is 4.90 Å². The second-order valence-corrected chi connectivity index (χ2v) is 9.29. The molecule has 0 unspecified atom stereocenters. The maximum Gasteiger partial charge on any atom is 0.242 e. The number of guanidine groups is 1. The van der Waals surface area contributed by atoms with Gasteiger partial charge in [-0.1, -0.05) is 12.1 Å². The summed E-state index contributed by atoms with van der Waals surface area (Å²) < 4.78 is 36.4. The Morgan fingerprint density at radius 2 is 1.71 bits per heavy atom. The van der Waals surface area contributed by atoms with Crippen LogP contribution >= 0.6 is 0 Å². The molecule has 0 bridgehead atoms. The molecule has 31 heavy (non-hydrogen) atoms. The van der Waals surface area contributed by atoms with Crippen LogP contribution in [0.15, 0.2) is 52.4 Å². The Morgan fingerprint density at radius 1 is 1.03 bits per heavy atom. The summed E-state index contributed by atoms with van der Waals surface area (Å²) in [5.41, 5.74) is 1.93. The van der Waals surface area contributed by atoms with Crippen LogP contribution in [0.3, 0.4) is 0 Å². The summed E-state index contributed by atoms with van der Waals surface area (Å²) in [6, 6.07) is 12.5. The van der Waals surface area contributed by atoms with Crippen molar-refractivity contribution in [3.63, 3.8) is 0 Å². The summed E-state index contributed by atoms with van der Waals surface area (Å²) in [6.45, 7) is 3.76. The van der Waals surface area contributed by atoms with E-state index in [0.717, 1.165) is 35.1 Å². The third kappa shape index (κ3) is 6.35. The second kappa shape index (κ2) is 11.0. The Hall–Kier alpha value is -2.78. The van der Waals surface area contributed by atoms with Gasteiger partial charge in [0.15, 0.2) is 5.96 Å². The summed E-state index contributed by atoms with van der Waals surface area (Å²) in [7, 11) is 4.82. The summed E-state index contributed by atoms with van der Waals surface area (Å²) in [4.78, 5) is 6.98. The zero-order chi connectivity index (χ0) is 23.0. The van der Waals surface area contributed by atoms with Crippen LogP contribution in [0.2, 0.25) is 0 Å². The molecule has 2 aromatic carbocycles. The quantitative estimate of drug-likeness (QED) is 0.469.